The quantitative estimate of drug-likeness (QED) is 0.504. The highest BCUT2D eigenvalue weighted by Gasteiger charge is 1.97. The van der Waals surface area contributed by atoms with Crippen LogP contribution in [-0.4, -0.2) is 25.2 Å². The topological polar surface area (TPSA) is 52.6 Å². The SMILES string of the molecule is CCOC(=O)/C=C\C(=O)OCC.S. The predicted molar refractivity (Wildman–Crippen MR) is 52.8 cm³/mol. The summed E-state index contributed by atoms with van der Waals surface area (Å²) in [5, 5.41) is 0. The van der Waals surface area contributed by atoms with E-state index in [0.29, 0.717) is 13.2 Å². The molecular weight excluding hydrogens is 192 g/mol. The molecule has 0 saturated carbocycles. The van der Waals surface area contributed by atoms with Crippen molar-refractivity contribution in [3.05, 3.63) is 12.2 Å². The van der Waals surface area contributed by atoms with Crippen molar-refractivity contribution in [2.75, 3.05) is 13.2 Å². The molecule has 0 heterocycles. The maximum absolute atomic E-state index is 10.6. The van der Waals surface area contributed by atoms with Crippen LogP contribution in [0.1, 0.15) is 13.8 Å². The number of hydrogen-bond donors (Lipinski definition) is 0. The molecule has 5 heteroatoms. The van der Waals surface area contributed by atoms with Gasteiger partial charge in [0.2, 0.25) is 0 Å². The average Bonchev–Trinajstić information content (AvgIpc) is 2.02. The minimum atomic E-state index is -0.537. The number of carbonyl (C=O) groups is 2. The van der Waals surface area contributed by atoms with Gasteiger partial charge in [-0.1, -0.05) is 0 Å². The van der Waals surface area contributed by atoms with Gasteiger partial charge >= 0.3 is 11.9 Å². The van der Waals surface area contributed by atoms with Crippen molar-refractivity contribution in [1.82, 2.24) is 0 Å². The number of hydrogen-bond acceptors (Lipinski definition) is 4. The molecular formula is C8H14O4S. The summed E-state index contributed by atoms with van der Waals surface area (Å²) in [4.78, 5) is 21.3. The van der Waals surface area contributed by atoms with Gasteiger partial charge in [-0.05, 0) is 13.8 Å². The number of ether oxygens (including phenoxy) is 2. The maximum atomic E-state index is 10.6. The van der Waals surface area contributed by atoms with Crippen LogP contribution in [0.5, 0.6) is 0 Å². The first-order valence-electron chi connectivity index (χ1n) is 3.72. The first-order valence-corrected chi connectivity index (χ1v) is 3.72. The molecule has 0 aromatic rings. The number of esters is 2. The van der Waals surface area contributed by atoms with Gasteiger partial charge in [0.05, 0.1) is 13.2 Å². The molecule has 4 nitrogen and oxygen atoms in total. The lowest BCUT2D eigenvalue weighted by Crippen LogP contribution is -2.03. The van der Waals surface area contributed by atoms with Crippen LogP contribution < -0.4 is 0 Å². The van der Waals surface area contributed by atoms with E-state index in [1.807, 2.05) is 0 Å². The Bertz CT molecular complexity index is 169. The van der Waals surface area contributed by atoms with Gasteiger partial charge in [0, 0.05) is 12.2 Å². The highest BCUT2D eigenvalue weighted by Crippen LogP contribution is 1.84. The lowest BCUT2D eigenvalue weighted by molar-refractivity contribution is -0.140. The van der Waals surface area contributed by atoms with Crippen molar-refractivity contribution >= 4 is 25.4 Å². The van der Waals surface area contributed by atoms with Crippen molar-refractivity contribution in [3.8, 4) is 0 Å². The summed E-state index contributed by atoms with van der Waals surface area (Å²) in [5.74, 6) is -1.07. The summed E-state index contributed by atoms with van der Waals surface area (Å²) in [6, 6.07) is 0. The smallest absolute Gasteiger partial charge is 0.330 e. The molecule has 0 spiro atoms. The lowest BCUT2D eigenvalue weighted by Gasteiger charge is -1.95. The number of carbonyl (C=O) groups excluding carboxylic acids is 2. The van der Waals surface area contributed by atoms with Crippen LogP contribution in [0.15, 0.2) is 12.2 Å². The molecule has 0 fully saturated rings. The van der Waals surface area contributed by atoms with E-state index in [2.05, 4.69) is 9.47 Å². The lowest BCUT2D eigenvalue weighted by atomic mass is 10.5. The van der Waals surface area contributed by atoms with Crippen molar-refractivity contribution in [2.45, 2.75) is 13.8 Å². The molecule has 0 bridgehead atoms. The molecule has 0 atom stereocenters. The van der Waals surface area contributed by atoms with Crippen LogP contribution in [0.3, 0.4) is 0 Å². The van der Waals surface area contributed by atoms with Crippen molar-refractivity contribution < 1.29 is 19.1 Å². The zero-order valence-corrected chi connectivity index (χ0v) is 8.70. The second kappa shape index (κ2) is 9.12. The third-order valence-electron chi connectivity index (χ3n) is 0.929. The summed E-state index contributed by atoms with van der Waals surface area (Å²) in [5.41, 5.74) is 0. The standard InChI is InChI=1S/C8H12O4.H2S/c1-3-11-7(9)5-6-8(10)12-4-2;/h5-6H,3-4H2,1-2H3;1H2/b6-5-;. The van der Waals surface area contributed by atoms with Crippen LogP contribution in [0.2, 0.25) is 0 Å². The Labute approximate surface area is 84.3 Å². The fourth-order valence-corrected chi connectivity index (χ4v) is 0.517. The van der Waals surface area contributed by atoms with Crippen molar-refractivity contribution in [1.29, 1.82) is 0 Å². The second-order valence-electron chi connectivity index (χ2n) is 1.84. The van der Waals surface area contributed by atoms with Crippen LogP contribution in [0.25, 0.3) is 0 Å². The second-order valence-corrected chi connectivity index (χ2v) is 1.84. The third-order valence-corrected chi connectivity index (χ3v) is 0.929. The summed E-state index contributed by atoms with van der Waals surface area (Å²) >= 11 is 0. The molecule has 0 saturated heterocycles. The Balaban J connectivity index is 0. The molecule has 0 unspecified atom stereocenters. The molecule has 0 N–H and O–H groups in total. The normalized spacial score (nSPS) is 9.08. The molecule has 0 aromatic heterocycles. The Morgan fingerprint density at radius 1 is 1.00 bits per heavy atom. The van der Waals surface area contributed by atoms with Gasteiger partial charge in [-0.25, -0.2) is 9.59 Å². The molecule has 0 aliphatic rings. The minimum absolute atomic E-state index is 0. The van der Waals surface area contributed by atoms with Gasteiger partial charge in [0.15, 0.2) is 0 Å². The van der Waals surface area contributed by atoms with Gasteiger partial charge < -0.3 is 9.47 Å². The highest BCUT2D eigenvalue weighted by molar-refractivity contribution is 7.59. The van der Waals surface area contributed by atoms with Crippen LogP contribution in [0.4, 0.5) is 0 Å². The number of rotatable bonds is 4. The van der Waals surface area contributed by atoms with Crippen LogP contribution >= 0.6 is 13.5 Å². The first kappa shape index (κ1) is 14.5. The van der Waals surface area contributed by atoms with Gasteiger partial charge in [-0.3, -0.25) is 0 Å². The Hall–Kier alpha value is -0.970. The maximum Gasteiger partial charge on any atom is 0.330 e. The van der Waals surface area contributed by atoms with Crippen molar-refractivity contribution in [2.24, 2.45) is 0 Å². The van der Waals surface area contributed by atoms with Crippen LogP contribution in [0, 0.1) is 0 Å². The Kier molecular flexibility index (Phi) is 10.2. The summed E-state index contributed by atoms with van der Waals surface area (Å²) in [6.07, 6.45) is 2.09. The van der Waals surface area contributed by atoms with E-state index in [0.717, 1.165) is 12.2 Å². The van der Waals surface area contributed by atoms with E-state index in [-0.39, 0.29) is 13.5 Å². The van der Waals surface area contributed by atoms with Crippen LogP contribution in [-0.2, 0) is 19.1 Å². The van der Waals surface area contributed by atoms with E-state index < -0.39 is 11.9 Å². The predicted octanol–water partition coefficient (Wildman–Crippen LogP) is 0.782. The molecule has 76 valence electrons. The monoisotopic (exact) mass is 206 g/mol. The zero-order valence-electron chi connectivity index (χ0n) is 7.70. The van der Waals surface area contributed by atoms with E-state index in [1.54, 1.807) is 13.8 Å². The van der Waals surface area contributed by atoms with Gasteiger partial charge in [0.1, 0.15) is 0 Å². The zero-order chi connectivity index (χ0) is 9.40. The summed E-state index contributed by atoms with van der Waals surface area (Å²) in [7, 11) is 0. The van der Waals surface area contributed by atoms with Gasteiger partial charge in [-0.15, -0.1) is 0 Å². The van der Waals surface area contributed by atoms with E-state index in [4.69, 9.17) is 0 Å². The average molecular weight is 206 g/mol. The Morgan fingerprint density at radius 2 is 1.31 bits per heavy atom. The minimum Gasteiger partial charge on any atom is -0.463 e. The Morgan fingerprint density at radius 3 is 1.54 bits per heavy atom. The molecule has 0 rings (SSSR count). The van der Waals surface area contributed by atoms with Crippen molar-refractivity contribution in [3.63, 3.8) is 0 Å². The largest absolute Gasteiger partial charge is 0.463 e. The molecule has 13 heavy (non-hydrogen) atoms. The fraction of sp³-hybridized carbons (Fsp3) is 0.500. The molecule has 0 aliphatic carbocycles. The molecule has 0 amide bonds. The highest BCUT2D eigenvalue weighted by atomic mass is 32.1. The van der Waals surface area contributed by atoms with E-state index in [9.17, 15) is 9.59 Å². The van der Waals surface area contributed by atoms with E-state index >= 15 is 0 Å². The first-order chi connectivity index (χ1) is 5.70. The molecule has 0 aromatic carbocycles. The summed E-state index contributed by atoms with van der Waals surface area (Å²) < 4.78 is 9.07. The molecule has 0 radical (unpaired) electrons. The van der Waals surface area contributed by atoms with Gasteiger partial charge in [0.25, 0.3) is 0 Å². The van der Waals surface area contributed by atoms with Gasteiger partial charge in [-0.2, -0.15) is 13.5 Å². The fourth-order valence-electron chi connectivity index (χ4n) is 0.517. The summed E-state index contributed by atoms with van der Waals surface area (Å²) in [6.45, 7) is 3.98. The van der Waals surface area contributed by atoms with E-state index in [1.165, 1.54) is 0 Å². The molecule has 0 aliphatic heterocycles. The third kappa shape index (κ3) is 8.94.